The lowest BCUT2D eigenvalue weighted by Crippen LogP contribution is -2.18. The first-order chi connectivity index (χ1) is 12.1. The molecule has 2 aromatic carbocycles. The van der Waals surface area contributed by atoms with Crippen LogP contribution in [0.1, 0.15) is 21.5 Å². The lowest BCUT2D eigenvalue weighted by atomic mass is 10.1. The maximum atomic E-state index is 12.6. The van der Waals surface area contributed by atoms with E-state index in [1.807, 2.05) is 5.43 Å². The molecular formula is C15H9BrF3N3O4. The van der Waals surface area contributed by atoms with Crippen molar-refractivity contribution >= 4 is 33.7 Å². The van der Waals surface area contributed by atoms with Gasteiger partial charge in [0.25, 0.3) is 5.91 Å². The minimum Gasteiger partial charge on any atom is -0.502 e. The number of aromatic hydroxyl groups is 1. The summed E-state index contributed by atoms with van der Waals surface area (Å²) in [5, 5.41) is 24.1. The molecule has 0 radical (unpaired) electrons. The third-order valence-corrected chi connectivity index (χ3v) is 3.56. The van der Waals surface area contributed by atoms with Gasteiger partial charge in [-0.05, 0) is 24.3 Å². The Labute approximate surface area is 152 Å². The monoisotopic (exact) mass is 431 g/mol. The summed E-state index contributed by atoms with van der Waals surface area (Å²) in [6.45, 7) is 0. The van der Waals surface area contributed by atoms with Crippen molar-refractivity contribution in [3.05, 3.63) is 67.7 Å². The molecule has 0 spiro atoms. The third-order valence-electron chi connectivity index (χ3n) is 3.10. The molecule has 0 bridgehead atoms. The molecular weight excluding hydrogens is 423 g/mol. The number of phenolic OH excluding ortho intramolecular Hbond substituents is 1. The number of carbonyl (C=O) groups excluding carboxylic acids is 1. The van der Waals surface area contributed by atoms with Crippen molar-refractivity contribution in [2.45, 2.75) is 6.18 Å². The number of carbonyl (C=O) groups is 1. The maximum absolute atomic E-state index is 12.6. The Bertz CT molecular complexity index is 900. The van der Waals surface area contributed by atoms with Crippen LogP contribution in [0.4, 0.5) is 18.9 Å². The van der Waals surface area contributed by atoms with Crippen molar-refractivity contribution in [2.75, 3.05) is 0 Å². The fourth-order valence-corrected chi connectivity index (χ4v) is 2.37. The Morgan fingerprint density at radius 1 is 1.31 bits per heavy atom. The van der Waals surface area contributed by atoms with Gasteiger partial charge in [0.2, 0.25) is 5.75 Å². The summed E-state index contributed by atoms with van der Waals surface area (Å²) in [5.74, 6) is -1.59. The minimum atomic E-state index is -4.60. The van der Waals surface area contributed by atoms with Crippen molar-refractivity contribution in [2.24, 2.45) is 5.10 Å². The number of nitro benzene ring substituents is 1. The van der Waals surface area contributed by atoms with Crippen molar-refractivity contribution in [1.29, 1.82) is 0 Å². The van der Waals surface area contributed by atoms with E-state index in [0.717, 1.165) is 24.4 Å². The summed E-state index contributed by atoms with van der Waals surface area (Å²) in [5.41, 5.74) is 0.0682. The van der Waals surface area contributed by atoms with Crippen LogP contribution < -0.4 is 5.43 Å². The number of rotatable bonds is 4. The van der Waals surface area contributed by atoms with E-state index in [9.17, 15) is 33.2 Å². The van der Waals surface area contributed by atoms with Crippen molar-refractivity contribution in [3.63, 3.8) is 0 Å². The number of hydrogen-bond acceptors (Lipinski definition) is 5. The number of nitrogens with zero attached hydrogens (tertiary/aromatic N) is 2. The molecule has 0 aromatic heterocycles. The SMILES string of the molecule is O=C(N/N=C\c1cc(Br)cc([N+](=O)[O-])c1O)c1cccc(C(F)(F)F)c1. The molecule has 0 unspecified atom stereocenters. The second-order valence-electron chi connectivity index (χ2n) is 4.90. The van der Waals surface area contributed by atoms with E-state index < -0.39 is 34.0 Å². The van der Waals surface area contributed by atoms with E-state index in [1.165, 1.54) is 12.1 Å². The van der Waals surface area contributed by atoms with Gasteiger partial charge in [0.1, 0.15) is 0 Å². The molecule has 0 fully saturated rings. The summed E-state index contributed by atoms with van der Waals surface area (Å²) in [6, 6.07) is 6.10. The standard InChI is InChI=1S/C15H9BrF3N3O4/c16-11-5-9(13(23)12(6-11)22(25)26)7-20-21-14(24)8-2-1-3-10(4-8)15(17,18)19/h1-7,23H,(H,21,24)/b20-7-. The number of halogens is 4. The normalized spacial score (nSPS) is 11.5. The van der Waals surface area contributed by atoms with E-state index in [2.05, 4.69) is 21.0 Å². The van der Waals surface area contributed by atoms with E-state index in [4.69, 9.17) is 0 Å². The van der Waals surface area contributed by atoms with E-state index in [-0.39, 0.29) is 15.6 Å². The summed E-state index contributed by atoms with van der Waals surface area (Å²) >= 11 is 3.03. The first-order valence-electron chi connectivity index (χ1n) is 6.77. The van der Waals surface area contributed by atoms with Gasteiger partial charge < -0.3 is 5.11 Å². The molecule has 2 rings (SSSR count). The molecule has 2 N–H and O–H groups in total. The van der Waals surface area contributed by atoms with Gasteiger partial charge in [-0.3, -0.25) is 14.9 Å². The number of nitro groups is 1. The average Bonchev–Trinajstić information content (AvgIpc) is 2.56. The van der Waals surface area contributed by atoms with Crippen LogP contribution in [-0.2, 0) is 6.18 Å². The first-order valence-corrected chi connectivity index (χ1v) is 7.56. The number of nitrogens with one attached hydrogen (secondary N) is 1. The van der Waals surface area contributed by atoms with E-state index in [0.29, 0.717) is 6.07 Å². The van der Waals surface area contributed by atoms with Gasteiger partial charge >= 0.3 is 11.9 Å². The molecule has 1 amide bonds. The minimum absolute atomic E-state index is 0.0737. The number of alkyl halides is 3. The van der Waals surface area contributed by atoms with Crippen LogP contribution in [0, 0.1) is 10.1 Å². The number of hydrogen-bond donors (Lipinski definition) is 2. The zero-order chi connectivity index (χ0) is 19.5. The zero-order valence-corrected chi connectivity index (χ0v) is 14.2. The molecule has 2 aromatic rings. The number of phenols is 1. The van der Waals surface area contributed by atoms with Crippen LogP contribution in [0.2, 0.25) is 0 Å². The van der Waals surface area contributed by atoms with Crippen LogP contribution in [0.25, 0.3) is 0 Å². The lowest BCUT2D eigenvalue weighted by Gasteiger charge is -2.07. The molecule has 0 saturated heterocycles. The highest BCUT2D eigenvalue weighted by molar-refractivity contribution is 9.10. The highest BCUT2D eigenvalue weighted by Gasteiger charge is 2.30. The van der Waals surface area contributed by atoms with Gasteiger partial charge in [0.15, 0.2) is 0 Å². The highest BCUT2D eigenvalue weighted by Crippen LogP contribution is 2.32. The number of hydrazone groups is 1. The molecule has 0 aliphatic heterocycles. The number of amides is 1. The molecule has 0 atom stereocenters. The molecule has 26 heavy (non-hydrogen) atoms. The predicted octanol–water partition coefficient (Wildman–Crippen LogP) is 3.85. The van der Waals surface area contributed by atoms with Crippen LogP contribution in [0.3, 0.4) is 0 Å². The van der Waals surface area contributed by atoms with Crippen molar-refractivity contribution in [1.82, 2.24) is 5.43 Å². The van der Waals surface area contributed by atoms with Gasteiger partial charge in [-0.1, -0.05) is 22.0 Å². The molecule has 11 heteroatoms. The fraction of sp³-hybridized carbons (Fsp3) is 0.0667. The van der Waals surface area contributed by atoms with Gasteiger partial charge in [-0.2, -0.15) is 18.3 Å². The first kappa shape index (κ1) is 19.4. The summed E-state index contributed by atoms with van der Waals surface area (Å²) < 4.78 is 38.2. The molecule has 0 aliphatic rings. The molecule has 0 heterocycles. The van der Waals surface area contributed by atoms with Gasteiger partial charge in [0.05, 0.1) is 16.7 Å². The lowest BCUT2D eigenvalue weighted by molar-refractivity contribution is -0.385. The molecule has 7 nitrogen and oxygen atoms in total. The Morgan fingerprint density at radius 3 is 2.62 bits per heavy atom. The Morgan fingerprint density at radius 2 is 2.00 bits per heavy atom. The quantitative estimate of drug-likeness (QED) is 0.435. The smallest absolute Gasteiger partial charge is 0.416 e. The maximum Gasteiger partial charge on any atom is 0.416 e. The second-order valence-corrected chi connectivity index (χ2v) is 5.81. The van der Waals surface area contributed by atoms with Crippen LogP contribution >= 0.6 is 15.9 Å². The largest absolute Gasteiger partial charge is 0.502 e. The summed E-state index contributed by atoms with van der Waals surface area (Å²) in [4.78, 5) is 21.9. The Balaban J connectivity index is 2.19. The fourth-order valence-electron chi connectivity index (χ4n) is 1.90. The topological polar surface area (TPSA) is 105 Å². The van der Waals surface area contributed by atoms with Crippen LogP contribution in [-0.4, -0.2) is 22.2 Å². The second kappa shape index (κ2) is 7.52. The molecule has 136 valence electrons. The van der Waals surface area contributed by atoms with E-state index in [1.54, 1.807) is 0 Å². The Hall–Kier alpha value is -2.95. The molecule has 0 saturated carbocycles. The number of benzene rings is 2. The Kier molecular flexibility index (Phi) is 5.60. The average molecular weight is 432 g/mol. The predicted molar refractivity (Wildman–Crippen MR) is 89.0 cm³/mol. The van der Waals surface area contributed by atoms with Crippen molar-refractivity contribution in [3.8, 4) is 5.75 Å². The molecule has 0 aliphatic carbocycles. The zero-order valence-electron chi connectivity index (χ0n) is 12.6. The van der Waals surface area contributed by atoms with Crippen LogP contribution in [0.5, 0.6) is 5.75 Å². The van der Waals surface area contributed by atoms with Gasteiger partial charge in [0, 0.05) is 21.7 Å². The third kappa shape index (κ3) is 4.57. The van der Waals surface area contributed by atoms with Gasteiger partial charge in [-0.15, -0.1) is 0 Å². The van der Waals surface area contributed by atoms with Crippen molar-refractivity contribution < 1.29 is 28.0 Å². The van der Waals surface area contributed by atoms with Crippen LogP contribution in [0.15, 0.2) is 46.0 Å². The highest BCUT2D eigenvalue weighted by atomic mass is 79.9. The van der Waals surface area contributed by atoms with Gasteiger partial charge in [-0.25, -0.2) is 5.43 Å². The summed E-state index contributed by atoms with van der Waals surface area (Å²) in [7, 11) is 0. The van der Waals surface area contributed by atoms with E-state index >= 15 is 0 Å². The summed E-state index contributed by atoms with van der Waals surface area (Å²) in [6.07, 6.45) is -3.67.